The second-order valence-corrected chi connectivity index (χ2v) is 5.57. The lowest BCUT2D eigenvalue weighted by Gasteiger charge is -2.23. The molecule has 4 heteroatoms. The molecule has 0 radical (unpaired) electrons. The van der Waals surface area contributed by atoms with Crippen molar-refractivity contribution in [2.75, 3.05) is 44.7 Å². The molecule has 1 saturated heterocycles. The van der Waals surface area contributed by atoms with E-state index in [0.29, 0.717) is 0 Å². The van der Waals surface area contributed by atoms with Gasteiger partial charge in [-0.15, -0.1) is 0 Å². The van der Waals surface area contributed by atoms with Gasteiger partial charge in [-0.05, 0) is 56.2 Å². The summed E-state index contributed by atoms with van der Waals surface area (Å²) >= 11 is 0. The van der Waals surface area contributed by atoms with Crippen molar-refractivity contribution in [3.8, 4) is 0 Å². The van der Waals surface area contributed by atoms with Crippen LogP contribution in [0.15, 0.2) is 18.2 Å². The van der Waals surface area contributed by atoms with Crippen molar-refractivity contribution in [2.45, 2.75) is 26.3 Å². The first-order valence-corrected chi connectivity index (χ1v) is 7.62. The van der Waals surface area contributed by atoms with E-state index < -0.39 is 0 Å². The minimum absolute atomic E-state index is 0.150. The van der Waals surface area contributed by atoms with Gasteiger partial charge in [0, 0.05) is 32.4 Å². The van der Waals surface area contributed by atoms with E-state index in [4.69, 9.17) is 0 Å². The predicted molar refractivity (Wildman–Crippen MR) is 82.7 cm³/mol. The molecule has 1 aromatic carbocycles. The highest BCUT2D eigenvalue weighted by atomic mass is 19.1. The minimum atomic E-state index is -0.150. The van der Waals surface area contributed by atoms with E-state index in [1.165, 1.54) is 25.9 Å². The molecule has 0 aromatic heterocycles. The fourth-order valence-electron chi connectivity index (χ4n) is 2.65. The lowest BCUT2D eigenvalue weighted by Crippen LogP contribution is -2.31. The van der Waals surface area contributed by atoms with Crippen LogP contribution in [0.5, 0.6) is 0 Å². The van der Waals surface area contributed by atoms with Crippen LogP contribution in [0.2, 0.25) is 0 Å². The van der Waals surface area contributed by atoms with Crippen LogP contribution in [0.1, 0.15) is 25.3 Å². The first kappa shape index (κ1) is 15.3. The van der Waals surface area contributed by atoms with Gasteiger partial charge in [0.1, 0.15) is 5.82 Å². The number of likely N-dealkylation sites (tertiary alicyclic amines) is 1. The Kier molecular flexibility index (Phi) is 5.80. The van der Waals surface area contributed by atoms with Crippen molar-refractivity contribution in [2.24, 2.45) is 0 Å². The molecule has 1 aliphatic heterocycles. The van der Waals surface area contributed by atoms with Gasteiger partial charge in [0.25, 0.3) is 0 Å². The molecule has 0 amide bonds. The van der Waals surface area contributed by atoms with Gasteiger partial charge in [0.05, 0.1) is 0 Å². The summed E-state index contributed by atoms with van der Waals surface area (Å²) < 4.78 is 13.7. The van der Waals surface area contributed by atoms with Crippen LogP contribution in [0, 0.1) is 5.82 Å². The Balaban J connectivity index is 1.93. The van der Waals surface area contributed by atoms with Crippen molar-refractivity contribution < 1.29 is 4.39 Å². The second-order valence-electron chi connectivity index (χ2n) is 5.57. The predicted octanol–water partition coefficient (Wildman–Crippen LogP) is 2.47. The van der Waals surface area contributed by atoms with Crippen LogP contribution >= 0.6 is 0 Å². The largest absolute Gasteiger partial charge is 0.373 e. The summed E-state index contributed by atoms with van der Waals surface area (Å²) in [6.45, 7) is 8.12. The molecule has 0 spiro atoms. The lowest BCUT2D eigenvalue weighted by atomic mass is 10.1. The number of halogens is 1. The number of benzene rings is 1. The lowest BCUT2D eigenvalue weighted by molar-refractivity contribution is 0.346. The van der Waals surface area contributed by atoms with Gasteiger partial charge in [-0.3, -0.25) is 0 Å². The molecule has 0 bridgehead atoms. The zero-order valence-corrected chi connectivity index (χ0v) is 12.7. The molecule has 0 atom stereocenters. The van der Waals surface area contributed by atoms with Crippen molar-refractivity contribution in [1.82, 2.24) is 10.2 Å². The Morgan fingerprint density at radius 1 is 1.25 bits per heavy atom. The van der Waals surface area contributed by atoms with Crippen molar-refractivity contribution in [1.29, 1.82) is 0 Å². The Morgan fingerprint density at radius 3 is 2.70 bits per heavy atom. The van der Waals surface area contributed by atoms with Crippen LogP contribution in [0.25, 0.3) is 0 Å². The van der Waals surface area contributed by atoms with Crippen molar-refractivity contribution in [3.63, 3.8) is 0 Å². The van der Waals surface area contributed by atoms with Crippen LogP contribution in [0.3, 0.4) is 0 Å². The van der Waals surface area contributed by atoms with Gasteiger partial charge in [0.15, 0.2) is 0 Å². The Hall–Kier alpha value is -1.13. The van der Waals surface area contributed by atoms with E-state index >= 15 is 0 Å². The van der Waals surface area contributed by atoms with Gasteiger partial charge in [-0.25, -0.2) is 4.39 Å². The molecule has 20 heavy (non-hydrogen) atoms. The van der Waals surface area contributed by atoms with E-state index in [2.05, 4.69) is 28.1 Å². The van der Waals surface area contributed by atoms with Crippen LogP contribution in [-0.4, -0.2) is 44.7 Å². The molecule has 1 heterocycles. The highest BCUT2D eigenvalue weighted by molar-refractivity contribution is 5.48. The zero-order chi connectivity index (χ0) is 14.4. The fourth-order valence-corrected chi connectivity index (χ4v) is 2.65. The molecule has 1 aromatic rings. The highest BCUT2D eigenvalue weighted by Crippen LogP contribution is 2.18. The Morgan fingerprint density at radius 2 is 2.00 bits per heavy atom. The molecule has 0 unspecified atom stereocenters. The number of anilines is 1. The van der Waals surface area contributed by atoms with E-state index in [1.54, 1.807) is 12.1 Å². The third kappa shape index (κ3) is 4.46. The van der Waals surface area contributed by atoms with E-state index in [1.807, 2.05) is 7.05 Å². The van der Waals surface area contributed by atoms with E-state index in [9.17, 15) is 4.39 Å². The first-order chi connectivity index (χ1) is 9.69. The van der Waals surface area contributed by atoms with Gasteiger partial charge in [-0.2, -0.15) is 0 Å². The molecule has 1 aliphatic rings. The summed E-state index contributed by atoms with van der Waals surface area (Å²) in [6.07, 6.45) is 2.63. The summed E-state index contributed by atoms with van der Waals surface area (Å²) in [4.78, 5) is 4.63. The van der Waals surface area contributed by atoms with Crippen LogP contribution < -0.4 is 10.2 Å². The van der Waals surface area contributed by atoms with Gasteiger partial charge >= 0.3 is 0 Å². The summed E-state index contributed by atoms with van der Waals surface area (Å²) in [6, 6.07) is 5.32. The summed E-state index contributed by atoms with van der Waals surface area (Å²) in [7, 11) is 2.04. The number of likely N-dealkylation sites (N-methyl/N-ethyl adjacent to an activating group) is 1. The quantitative estimate of drug-likeness (QED) is 0.827. The standard InChI is InChI=1S/C16H26FN3/c1-3-18-13-14-10-15(17)12-16(11-14)19(2)8-9-20-6-4-5-7-20/h10-12,18H,3-9,13H2,1-2H3. The summed E-state index contributed by atoms with van der Waals surface area (Å²) in [5.41, 5.74) is 1.98. The second kappa shape index (κ2) is 7.60. The molecular formula is C16H26FN3. The number of rotatable bonds is 7. The molecule has 2 rings (SSSR count). The first-order valence-electron chi connectivity index (χ1n) is 7.62. The van der Waals surface area contributed by atoms with Crippen molar-refractivity contribution in [3.05, 3.63) is 29.6 Å². The smallest absolute Gasteiger partial charge is 0.125 e. The molecule has 0 saturated carbocycles. The molecule has 1 N–H and O–H groups in total. The number of nitrogens with one attached hydrogen (secondary N) is 1. The average Bonchev–Trinajstić information content (AvgIpc) is 2.95. The topological polar surface area (TPSA) is 18.5 Å². The fraction of sp³-hybridized carbons (Fsp3) is 0.625. The number of hydrogen-bond donors (Lipinski definition) is 1. The maximum absolute atomic E-state index is 13.7. The average molecular weight is 279 g/mol. The monoisotopic (exact) mass is 279 g/mol. The maximum Gasteiger partial charge on any atom is 0.125 e. The van der Waals surface area contributed by atoms with Crippen LogP contribution in [-0.2, 0) is 6.54 Å². The van der Waals surface area contributed by atoms with Gasteiger partial charge in [-0.1, -0.05) is 6.92 Å². The van der Waals surface area contributed by atoms with E-state index in [0.717, 1.165) is 37.4 Å². The summed E-state index contributed by atoms with van der Waals surface area (Å²) in [5.74, 6) is -0.150. The third-order valence-electron chi connectivity index (χ3n) is 3.91. The summed E-state index contributed by atoms with van der Waals surface area (Å²) in [5, 5.41) is 3.24. The maximum atomic E-state index is 13.7. The molecule has 3 nitrogen and oxygen atoms in total. The molecular weight excluding hydrogens is 253 g/mol. The minimum Gasteiger partial charge on any atom is -0.373 e. The Bertz CT molecular complexity index is 416. The van der Waals surface area contributed by atoms with E-state index in [-0.39, 0.29) is 5.82 Å². The van der Waals surface area contributed by atoms with Gasteiger partial charge in [0.2, 0.25) is 0 Å². The number of nitrogens with zero attached hydrogens (tertiary/aromatic N) is 2. The van der Waals surface area contributed by atoms with Crippen LogP contribution in [0.4, 0.5) is 10.1 Å². The molecule has 112 valence electrons. The Labute approximate surface area is 121 Å². The highest BCUT2D eigenvalue weighted by Gasteiger charge is 2.12. The van der Waals surface area contributed by atoms with Crippen molar-refractivity contribution >= 4 is 5.69 Å². The number of hydrogen-bond acceptors (Lipinski definition) is 3. The molecule has 1 fully saturated rings. The third-order valence-corrected chi connectivity index (χ3v) is 3.91. The zero-order valence-electron chi connectivity index (χ0n) is 12.7. The normalized spacial score (nSPS) is 15.8. The SMILES string of the molecule is CCNCc1cc(F)cc(N(C)CCN2CCCC2)c1. The van der Waals surface area contributed by atoms with Gasteiger partial charge < -0.3 is 15.1 Å². The molecule has 0 aliphatic carbocycles.